The van der Waals surface area contributed by atoms with Gasteiger partial charge in [-0.05, 0) is 61.8 Å². The zero-order valence-electron chi connectivity index (χ0n) is 15.6. The predicted molar refractivity (Wildman–Crippen MR) is 101 cm³/mol. The van der Waals surface area contributed by atoms with Gasteiger partial charge < -0.3 is 10.2 Å². The van der Waals surface area contributed by atoms with Gasteiger partial charge in [-0.1, -0.05) is 12.5 Å². The van der Waals surface area contributed by atoms with Gasteiger partial charge in [0.1, 0.15) is 0 Å². The quantitative estimate of drug-likeness (QED) is 0.836. The maximum absolute atomic E-state index is 12.3. The van der Waals surface area contributed by atoms with Crippen LogP contribution in [0.5, 0.6) is 0 Å². The van der Waals surface area contributed by atoms with E-state index in [-0.39, 0.29) is 28.8 Å². The minimum Gasteiger partial charge on any atom is -0.349 e. The van der Waals surface area contributed by atoms with E-state index >= 15 is 0 Å². The molecule has 0 aliphatic heterocycles. The van der Waals surface area contributed by atoms with Crippen LogP contribution in [-0.2, 0) is 21.2 Å². The Labute approximate surface area is 156 Å². The second-order valence-corrected chi connectivity index (χ2v) is 9.37. The van der Waals surface area contributed by atoms with E-state index in [1.54, 1.807) is 17.0 Å². The molecular formula is C19H29N3O3S. The van der Waals surface area contributed by atoms with Crippen molar-refractivity contribution in [2.75, 3.05) is 14.1 Å². The van der Waals surface area contributed by atoms with E-state index in [4.69, 9.17) is 5.14 Å². The number of aryl methyl sites for hydroxylation is 1. The van der Waals surface area contributed by atoms with Crippen molar-refractivity contribution in [2.24, 2.45) is 11.1 Å². The van der Waals surface area contributed by atoms with Gasteiger partial charge in [-0.15, -0.1) is 0 Å². The summed E-state index contributed by atoms with van der Waals surface area (Å²) in [6.07, 6.45) is 6.90. The molecule has 0 bridgehead atoms. The van der Waals surface area contributed by atoms with E-state index in [1.807, 2.05) is 20.2 Å². The van der Waals surface area contributed by atoms with Crippen LogP contribution in [0.3, 0.4) is 0 Å². The number of nitrogens with one attached hydrogen (secondary N) is 1. The average molecular weight is 380 g/mol. The molecule has 3 atom stereocenters. The number of carbonyl (C=O) groups is 1. The van der Waals surface area contributed by atoms with E-state index in [9.17, 15) is 13.2 Å². The Morgan fingerprint density at radius 2 is 1.96 bits per heavy atom. The fraction of sp³-hybridized carbons (Fsp3) is 0.632. The van der Waals surface area contributed by atoms with Crippen LogP contribution in [0.25, 0.3) is 0 Å². The van der Waals surface area contributed by atoms with Crippen LogP contribution in [0.1, 0.15) is 55.7 Å². The first-order chi connectivity index (χ1) is 12.3. The van der Waals surface area contributed by atoms with Gasteiger partial charge in [0.05, 0.1) is 4.90 Å². The topological polar surface area (TPSA) is 92.5 Å². The van der Waals surface area contributed by atoms with E-state index in [2.05, 4.69) is 5.32 Å². The van der Waals surface area contributed by atoms with E-state index < -0.39 is 10.0 Å². The average Bonchev–Trinajstić information content (AvgIpc) is 2.60. The summed E-state index contributed by atoms with van der Waals surface area (Å²) in [6.45, 7) is 0. The monoisotopic (exact) mass is 379 g/mol. The summed E-state index contributed by atoms with van der Waals surface area (Å²) in [5, 5.41) is 9.02. The number of fused-ring (bicyclic) bond motifs is 1. The van der Waals surface area contributed by atoms with Crippen molar-refractivity contribution in [1.82, 2.24) is 10.2 Å². The molecular weight excluding hydrogens is 350 g/mol. The first-order valence-electron chi connectivity index (χ1n) is 9.38. The number of nitrogens with two attached hydrogens (primary N) is 1. The third-order valence-corrected chi connectivity index (χ3v) is 6.57. The lowest BCUT2D eigenvalue weighted by Gasteiger charge is -2.35. The Hall–Kier alpha value is -1.44. The molecule has 3 unspecified atom stereocenters. The molecule has 26 heavy (non-hydrogen) atoms. The molecule has 2 aliphatic carbocycles. The molecule has 144 valence electrons. The molecule has 3 N–H and O–H groups in total. The highest BCUT2D eigenvalue weighted by Crippen LogP contribution is 2.34. The number of primary sulfonamides is 1. The van der Waals surface area contributed by atoms with Gasteiger partial charge in [-0.3, -0.25) is 4.79 Å². The van der Waals surface area contributed by atoms with Crippen molar-refractivity contribution >= 4 is 15.9 Å². The third-order valence-electron chi connectivity index (χ3n) is 5.66. The van der Waals surface area contributed by atoms with Crippen LogP contribution < -0.4 is 10.5 Å². The molecule has 1 aromatic rings. The Morgan fingerprint density at radius 3 is 2.65 bits per heavy atom. The van der Waals surface area contributed by atoms with Crippen molar-refractivity contribution in [2.45, 2.75) is 61.9 Å². The third kappa shape index (κ3) is 4.27. The lowest BCUT2D eigenvalue weighted by molar-refractivity contribution is -0.134. The second-order valence-electron chi connectivity index (χ2n) is 7.81. The molecule has 3 rings (SSSR count). The Bertz CT molecular complexity index is 776. The molecule has 2 aliphatic rings. The number of nitrogens with zero attached hydrogens (tertiary/aromatic N) is 1. The number of amides is 1. The predicted octanol–water partition coefficient (Wildman–Crippen LogP) is 1.95. The fourth-order valence-corrected chi connectivity index (χ4v) is 4.89. The smallest absolute Gasteiger partial charge is 0.238 e. The molecule has 0 radical (unpaired) electrons. The summed E-state index contributed by atoms with van der Waals surface area (Å²) in [4.78, 5) is 14.2. The van der Waals surface area contributed by atoms with Gasteiger partial charge in [0.2, 0.25) is 15.9 Å². The van der Waals surface area contributed by atoms with E-state index in [0.717, 1.165) is 50.5 Å². The molecule has 0 heterocycles. The van der Waals surface area contributed by atoms with Gasteiger partial charge in [0, 0.05) is 32.1 Å². The molecule has 1 fully saturated rings. The van der Waals surface area contributed by atoms with Crippen LogP contribution in [-0.4, -0.2) is 39.4 Å². The van der Waals surface area contributed by atoms with Gasteiger partial charge in [0.15, 0.2) is 0 Å². The Morgan fingerprint density at radius 1 is 1.19 bits per heavy atom. The van der Waals surface area contributed by atoms with E-state index in [0.29, 0.717) is 0 Å². The maximum atomic E-state index is 12.3. The molecule has 0 saturated heterocycles. The molecule has 6 nitrogen and oxygen atoms in total. The Balaban J connectivity index is 1.76. The van der Waals surface area contributed by atoms with Crippen molar-refractivity contribution in [3.05, 3.63) is 29.3 Å². The van der Waals surface area contributed by atoms with Crippen LogP contribution >= 0.6 is 0 Å². The SMILES string of the molecule is CN(C)C(=O)C1CCCC(NC2CCCc3ccc(S(N)(=O)=O)cc32)C1. The minimum absolute atomic E-state index is 0.0788. The molecule has 7 heteroatoms. The minimum atomic E-state index is -3.70. The number of sulfonamides is 1. The van der Waals surface area contributed by atoms with Crippen LogP contribution in [0.4, 0.5) is 0 Å². The molecule has 0 aromatic heterocycles. The number of hydrogen-bond donors (Lipinski definition) is 2. The van der Waals surface area contributed by atoms with Crippen LogP contribution in [0.2, 0.25) is 0 Å². The maximum Gasteiger partial charge on any atom is 0.238 e. The summed E-state index contributed by atoms with van der Waals surface area (Å²) in [6, 6.07) is 5.63. The fourth-order valence-electron chi connectivity index (χ4n) is 4.34. The standard InChI is InChI=1S/C19H29N3O3S/c1-22(2)19(23)14-6-3-7-15(11-14)21-18-8-4-5-13-9-10-16(12-17(13)18)26(20,24)25/h9-10,12,14-15,18,21H,3-8,11H2,1-2H3,(H2,20,24,25). The number of rotatable bonds is 4. The normalized spacial score (nSPS) is 26.2. The van der Waals surface area contributed by atoms with Crippen molar-refractivity contribution < 1.29 is 13.2 Å². The summed E-state index contributed by atoms with van der Waals surface area (Å²) in [5.41, 5.74) is 2.24. The highest BCUT2D eigenvalue weighted by molar-refractivity contribution is 7.89. The van der Waals surface area contributed by atoms with Crippen LogP contribution in [0, 0.1) is 5.92 Å². The van der Waals surface area contributed by atoms with Crippen molar-refractivity contribution in [1.29, 1.82) is 0 Å². The Kier molecular flexibility index (Phi) is 5.69. The van der Waals surface area contributed by atoms with E-state index in [1.165, 1.54) is 5.56 Å². The lowest BCUT2D eigenvalue weighted by Crippen LogP contribution is -2.41. The molecule has 1 amide bonds. The molecule has 0 spiro atoms. The molecule has 1 saturated carbocycles. The highest BCUT2D eigenvalue weighted by Gasteiger charge is 2.31. The van der Waals surface area contributed by atoms with Gasteiger partial charge >= 0.3 is 0 Å². The van der Waals surface area contributed by atoms with Gasteiger partial charge in [-0.25, -0.2) is 13.6 Å². The summed E-state index contributed by atoms with van der Waals surface area (Å²) in [7, 11) is -0.0782. The molecule has 1 aromatic carbocycles. The highest BCUT2D eigenvalue weighted by atomic mass is 32.2. The first kappa shape index (κ1) is 19.3. The number of carbonyl (C=O) groups excluding carboxylic acids is 1. The van der Waals surface area contributed by atoms with Crippen LogP contribution in [0.15, 0.2) is 23.1 Å². The zero-order valence-corrected chi connectivity index (χ0v) is 16.4. The summed E-state index contributed by atoms with van der Waals surface area (Å²) in [5.74, 6) is 0.284. The van der Waals surface area contributed by atoms with Gasteiger partial charge in [0.25, 0.3) is 0 Å². The largest absolute Gasteiger partial charge is 0.349 e. The lowest BCUT2D eigenvalue weighted by atomic mass is 9.82. The number of benzene rings is 1. The summed E-state index contributed by atoms with van der Waals surface area (Å²) < 4.78 is 23.4. The van der Waals surface area contributed by atoms with Gasteiger partial charge in [-0.2, -0.15) is 0 Å². The number of hydrogen-bond acceptors (Lipinski definition) is 4. The second kappa shape index (κ2) is 7.66. The summed E-state index contributed by atoms with van der Waals surface area (Å²) >= 11 is 0. The van der Waals surface area contributed by atoms with Crippen molar-refractivity contribution in [3.8, 4) is 0 Å². The first-order valence-corrected chi connectivity index (χ1v) is 10.9. The van der Waals surface area contributed by atoms with Crippen molar-refractivity contribution in [3.63, 3.8) is 0 Å². The zero-order chi connectivity index (χ0) is 18.9.